The highest BCUT2D eigenvalue weighted by Gasteiger charge is 2.30. The van der Waals surface area contributed by atoms with Gasteiger partial charge < -0.3 is 15.6 Å². The smallest absolute Gasteiger partial charge is 0.229 e. The molecule has 1 aliphatic rings. The Balaban J connectivity index is 1.61. The second-order valence-corrected chi connectivity index (χ2v) is 6.90. The van der Waals surface area contributed by atoms with Crippen LogP contribution in [0.5, 0.6) is 0 Å². The Morgan fingerprint density at radius 2 is 2.00 bits per heavy atom. The number of nitrogens with two attached hydrogens (primary N) is 1. The predicted molar refractivity (Wildman–Crippen MR) is 104 cm³/mol. The summed E-state index contributed by atoms with van der Waals surface area (Å²) < 4.78 is 15.6. The summed E-state index contributed by atoms with van der Waals surface area (Å²) >= 11 is 6.13. The largest absolute Gasteiger partial charge is 0.368 e. The SMILES string of the molecule is Nc1nccc(-c2nc3cnc(Nc4cc(F)ccc4Cl)nc3n2C2CC2)n1. The molecule has 1 aromatic carbocycles. The number of nitrogens with one attached hydrogen (secondary N) is 1. The van der Waals surface area contributed by atoms with Crippen LogP contribution in [-0.4, -0.2) is 29.5 Å². The molecule has 0 atom stereocenters. The lowest BCUT2D eigenvalue weighted by atomic mass is 10.3. The zero-order valence-electron chi connectivity index (χ0n) is 14.5. The normalized spacial score (nSPS) is 13.8. The molecule has 0 amide bonds. The molecule has 3 N–H and O–H groups in total. The van der Waals surface area contributed by atoms with E-state index in [4.69, 9.17) is 17.3 Å². The first-order valence-corrected chi connectivity index (χ1v) is 9.02. The predicted octanol–water partition coefficient (Wildman–Crippen LogP) is 3.74. The molecule has 8 nitrogen and oxygen atoms in total. The van der Waals surface area contributed by atoms with Crippen molar-refractivity contribution in [2.24, 2.45) is 0 Å². The van der Waals surface area contributed by atoms with Crippen LogP contribution in [0.25, 0.3) is 22.7 Å². The topological polar surface area (TPSA) is 107 Å². The first-order chi connectivity index (χ1) is 13.6. The van der Waals surface area contributed by atoms with E-state index >= 15 is 0 Å². The summed E-state index contributed by atoms with van der Waals surface area (Å²) in [5.41, 5.74) is 8.04. The van der Waals surface area contributed by atoms with Crippen LogP contribution in [0.1, 0.15) is 18.9 Å². The van der Waals surface area contributed by atoms with Crippen LogP contribution in [0, 0.1) is 5.82 Å². The summed E-state index contributed by atoms with van der Waals surface area (Å²) in [5, 5.41) is 3.34. The van der Waals surface area contributed by atoms with Gasteiger partial charge in [-0.2, -0.15) is 4.98 Å². The molecule has 3 aromatic heterocycles. The number of halogens is 2. The van der Waals surface area contributed by atoms with Crippen molar-refractivity contribution in [3.63, 3.8) is 0 Å². The van der Waals surface area contributed by atoms with E-state index in [1.807, 2.05) is 4.57 Å². The fraction of sp³-hybridized carbons (Fsp3) is 0.167. The molecule has 4 aromatic rings. The number of nitrogen functional groups attached to an aromatic ring is 1. The number of imidazole rings is 1. The van der Waals surface area contributed by atoms with E-state index in [0.29, 0.717) is 39.3 Å². The number of fused-ring (bicyclic) bond motifs is 1. The van der Waals surface area contributed by atoms with E-state index in [1.54, 1.807) is 18.5 Å². The lowest BCUT2D eigenvalue weighted by molar-refractivity contribution is 0.628. The van der Waals surface area contributed by atoms with Gasteiger partial charge in [0.1, 0.15) is 17.0 Å². The van der Waals surface area contributed by atoms with Crippen molar-refractivity contribution in [1.29, 1.82) is 0 Å². The van der Waals surface area contributed by atoms with Gasteiger partial charge in [-0.1, -0.05) is 11.6 Å². The highest BCUT2D eigenvalue weighted by atomic mass is 35.5. The highest BCUT2D eigenvalue weighted by molar-refractivity contribution is 6.33. The summed E-state index contributed by atoms with van der Waals surface area (Å²) in [5.74, 6) is 0.748. The number of aromatic nitrogens is 6. The molecule has 28 heavy (non-hydrogen) atoms. The third-order valence-corrected chi connectivity index (χ3v) is 4.75. The maximum Gasteiger partial charge on any atom is 0.229 e. The van der Waals surface area contributed by atoms with Crippen molar-refractivity contribution in [3.8, 4) is 11.5 Å². The van der Waals surface area contributed by atoms with Crippen molar-refractivity contribution in [2.45, 2.75) is 18.9 Å². The Kier molecular flexibility index (Phi) is 3.83. The van der Waals surface area contributed by atoms with Crippen molar-refractivity contribution in [2.75, 3.05) is 11.1 Å². The molecule has 1 fully saturated rings. The minimum Gasteiger partial charge on any atom is -0.368 e. The lowest BCUT2D eigenvalue weighted by Crippen LogP contribution is -2.03. The zero-order chi connectivity index (χ0) is 19.3. The van der Waals surface area contributed by atoms with Gasteiger partial charge in [-0.05, 0) is 37.1 Å². The summed E-state index contributed by atoms with van der Waals surface area (Å²) in [6.07, 6.45) is 5.27. The van der Waals surface area contributed by atoms with Crippen LogP contribution in [-0.2, 0) is 0 Å². The first kappa shape index (κ1) is 16.8. The van der Waals surface area contributed by atoms with Gasteiger partial charge in [-0.25, -0.2) is 24.3 Å². The number of nitrogens with zero attached hydrogens (tertiary/aromatic N) is 6. The van der Waals surface area contributed by atoms with Crippen LogP contribution >= 0.6 is 11.6 Å². The van der Waals surface area contributed by atoms with Gasteiger partial charge in [0.15, 0.2) is 11.5 Å². The molecule has 0 bridgehead atoms. The molecule has 3 heterocycles. The standard InChI is InChI=1S/C18H14ClFN8/c19-11-4-1-9(20)7-13(11)26-18-23-8-14-16(27-18)28(10-2-3-10)15(24-14)12-5-6-22-17(21)25-12/h1,4-8,10H,2-3H2,(H2,21,22,25)(H,23,26,27). The molecule has 1 saturated carbocycles. The Hall–Kier alpha value is -3.33. The van der Waals surface area contributed by atoms with E-state index in [-0.39, 0.29) is 12.0 Å². The zero-order valence-corrected chi connectivity index (χ0v) is 15.2. The fourth-order valence-corrected chi connectivity index (χ4v) is 3.19. The van der Waals surface area contributed by atoms with E-state index in [2.05, 4.69) is 30.2 Å². The van der Waals surface area contributed by atoms with Crippen LogP contribution in [0.4, 0.5) is 22.0 Å². The summed E-state index contributed by atoms with van der Waals surface area (Å²) in [6.45, 7) is 0. The minimum absolute atomic E-state index is 0.182. The summed E-state index contributed by atoms with van der Waals surface area (Å²) in [4.78, 5) is 21.7. The van der Waals surface area contributed by atoms with Crippen molar-refractivity contribution >= 4 is 40.3 Å². The lowest BCUT2D eigenvalue weighted by Gasteiger charge is -2.09. The Morgan fingerprint density at radius 1 is 1.14 bits per heavy atom. The van der Waals surface area contributed by atoms with Gasteiger partial charge in [-0.15, -0.1) is 0 Å². The minimum atomic E-state index is -0.403. The average molecular weight is 397 g/mol. The van der Waals surface area contributed by atoms with Gasteiger partial charge >= 0.3 is 0 Å². The molecule has 5 rings (SSSR count). The number of benzene rings is 1. The van der Waals surface area contributed by atoms with E-state index < -0.39 is 5.82 Å². The van der Waals surface area contributed by atoms with Crippen LogP contribution in [0.15, 0.2) is 36.7 Å². The van der Waals surface area contributed by atoms with Gasteiger partial charge in [0.2, 0.25) is 11.9 Å². The van der Waals surface area contributed by atoms with Crippen molar-refractivity contribution < 1.29 is 4.39 Å². The number of hydrogen-bond acceptors (Lipinski definition) is 7. The maximum absolute atomic E-state index is 13.5. The molecule has 10 heteroatoms. The molecule has 0 saturated heterocycles. The number of hydrogen-bond donors (Lipinski definition) is 2. The van der Waals surface area contributed by atoms with Gasteiger partial charge in [0, 0.05) is 12.2 Å². The molecule has 1 aliphatic carbocycles. The average Bonchev–Trinajstić information content (AvgIpc) is 3.44. The second kappa shape index (κ2) is 6.38. The van der Waals surface area contributed by atoms with E-state index in [1.165, 1.54) is 18.2 Å². The van der Waals surface area contributed by atoms with E-state index in [0.717, 1.165) is 12.8 Å². The quantitative estimate of drug-likeness (QED) is 0.541. The van der Waals surface area contributed by atoms with Crippen molar-refractivity contribution in [1.82, 2.24) is 29.5 Å². The van der Waals surface area contributed by atoms with Gasteiger partial charge in [0.25, 0.3) is 0 Å². The van der Waals surface area contributed by atoms with Crippen molar-refractivity contribution in [3.05, 3.63) is 47.5 Å². The Labute approximate surface area is 163 Å². The van der Waals surface area contributed by atoms with Gasteiger partial charge in [-0.3, -0.25) is 0 Å². The second-order valence-electron chi connectivity index (χ2n) is 6.49. The van der Waals surface area contributed by atoms with E-state index in [9.17, 15) is 4.39 Å². The molecule has 0 radical (unpaired) electrons. The Bertz CT molecular complexity index is 1200. The monoisotopic (exact) mass is 396 g/mol. The van der Waals surface area contributed by atoms with Crippen LogP contribution in [0.2, 0.25) is 5.02 Å². The third kappa shape index (κ3) is 2.99. The number of anilines is 3. The molecular weight excluding hydrogens is 383 g/mol. The molecule has 0 spiro atoms. The fourth-order valence-electron chi connectivity index (χ4n) is 3.02. The Morgan fingerprint density at radius 3 is 2.79 bits per heavy atom. The molecular formula is C18H14ClFN8. The van der Waals surface area contributed by atoms with Crippen LogP contribution < -0.4 is 11.1 Å². The van der Waals surface area contributed by atoms with Crippen LogP contribution in [0.3, 0.4) is 0 Å². The molecule has 0 aliphatic heterocycles. The summed E-state index contributed by atoms with van der Waals surface area (Å²) in [7, 11) is 0. The molecule has 0 unspecified atom stereocenters. The maximum atomic E-state index is 13.5. The number of rotatable bonds is 4. The van der Waals surface area contributed by atoms with Gasteiger partial charge in [0.05, 0.1) is 16.9 Å². The highest BCUT2D eigenvalue weighted by Crippen LogP contribution is 2.40. The first-order valence-electron chi connectivity index (χ1n) is 8.64. The molecule has 140 valence electrons. The summed E-state index contributed by atoms with van der Waals surface area (Å²) in [6, 6.07) is 6.11. The third-order valence-electron chi connectivity index (χ3n) is 4.42.